The zero-order valence-corrected chi connectivity index (χ0v) is 20.1. The molecule has 2 aromatic rings. The number of nitrogens with zero attached hydrogens (tertiary/aromatic N) is 2. The van der Waals surface area contributed by atoms with E-state index < -0.39 is 10.0 Å². The van der Waals surface area contributed by atoms with Crippen LogP contribution in [0.5, 0.6) is 0 Å². The highest BCUT2D eigenvalue weighted by molar-refractivity contribution is 7.89. The molecule has 1 heterocycles. The lowest BCUT2D eigenvalue weighted by Gasteiger charge is -2.34. The molecule has 1 amide bonds. The van der Waals surface area contributed by atoms with Crippen molar-refractivity contribution in [1.82, 2.24) is 14.5 Å². The van der Waals surface area contributed by atoms with E-state index in [0.29, 0.717) is 42.7 Å². The quantitative estimate of drug-likeness (QED) is 0.693. The third-order valence-corrected chi connectivity index (χ3v) is 8.69. The maximum atomic E-state index is 12.8. The zero-order valence-electron chi connectivity index (χ0n) is 19.3. The van der Waals surface area contributed by atoms with Crippen LogP contribution in [0.2, 0.25) is 0 Å². The second kappa shape index (κ2) is 11.3. The van der Waals surface area contributed by atoms with Gasteiger partial charge in [-0.1, -0.05) is 62.4 Å². The van der Waals surface area contributed by atoms with Crippen molar-refractivity contribution in [3.8, 4) is 0 Å². The van der Waals surface area contributed by atoms with E-state index in [1.807, 2.05) is 30.3 Å². The fourth-order valence-electron chi connectivity index (χ4n) is 4.76. The van der Waals surface area contributed by atoms with Crippen molar-refractivity contribution < 1.29 is 13.2 Å². The highest BCUT2D eigenvalue weighted by Gasteiger charge is 2.28. The van der Waals surface area contributed by atoms with Gasteiger partial charge in [0.05, 0.1) is 4.90 Å². The van der Waals surface area contributed by atoms with E-state index in [0.717, 1.165) is 24.9 Å². The zero-order chi connectivity index (χ0) is 23.1. The van der Waals surface area contributed by atoms with Crippen molar-refractivity contribution in [2.24, 2.45) is 0 Å². The predicted octanol–water partition coefficient (Wildman–Crippen LogP) is 4.04. The Balaban J connectivity index is 1.27. The van der Waals surface area contributed by atoms with E-state index in [1.165, 1.54) is 32.1 Å². The molecule has 2 aliphatic rings. The molecule has 4 rings (SSSR count). The molecule has 6 nitrogen and oxygen atoms in total. The van der Waals surface area contributed by atoms with Gasteiger partial charge in [0.1, 0.15) is 0 Å². The van der Waals surface area contributed by atoms with E-state index in [-0.39, 0.29) is 5.91 Å². The molecule has 0 unspecified atom stereocenters. The van der Waals surface area contributed by atoms with Gasteiger partial charge in [-0.05, 0) is 42.7 Å². The van der Waals surface area contributed by atoms with Crippen LogP contribution >= 0.6 is 0 Å². The maximum Gasteiger partial charge on any atom is 0.251 e. The first-order chi connectivity index (χ1) is 16.0. The topological polar surface area (TPSA) is 69.7 Å². The lowest BCUT2D eigenvalue weighted by Crippen LogP contribution is -2.48. The first-order valence-electron chi connectivity index (χ1n) is 12.2. The van der Waals surface area contributed by atoms with Crippen LogP contribution in [0.15, 0.2) is 59.5 Å². The largest absolute Gasteiger partial charge is 0.349 e. The fraction of sp³-hybridized carbons (Fsp3) is 0.500. The molecule has 1 saturated carbocycles. The molecular formula is C26H35N3O3S. The van der Waals surface area contributed by atoms with Crippen molar-refractivity contribution in [2.75, 3.05) is 26.2 Å². The lowest BCUT2D eigenvalue weighted by molar-refractivity contribution is 0.0930. The van der Waals surface area contributed by atoms with Crippen LogP contribution < -0.4 is 5.32 Å². The fourth-order valence-corrected chi connectivity index (χ4v) is 6.20. The van der Waals surface area contributed by atoms with Crippen molar-refractivity contribution in [3.05, 3.63) is 65.7 Å². The third-order valence-electron chi connectivity index (χ3n) is 6.77. The van der Waals surface area contributed by atoms with Crippen LogP contribution in [0.4, 0.5) is 0 Å². The molecule has 178 valence electrons. The van der Waals surface area contributed by atoms with Gasteiger partial charge in [-0.25, -0.2) is 8.42 Å². The SMILES string of the molecule is O=C(NC1CCCCCCC1)c1ccc(CN2CCN(S(=O)(=O)c3ccccc3)CC2)cc1. The Bertz CT molecular complexity index is 993. The maximum absolute atomic E-state index is 12.8. The number of sulfonamides is 1. The van der Waals surface area contributed by atoms with Crippen molar-refractivity contribution in [1.29, 1.82) is 0 Å². The average molecular weight is 470 g/mol. The number of rotatable bonds is 6. The van der Waals surface area contributed by atoms with Gasteiger partial charge in [-0.3, -0.25) is 9.69 Å². The molecule has 1 aliphatic heterocycles. The Hall–Kier alpha value is -2.22. The molecule has 0 atom stereocenters. The second-order valence-electron chi connectivity index (χ2n) is 9.21. The monoisotopic (exact) mass is 469 g/mol. The molecule has 1 aliphatic carbocycles. The number of carbonyl (C=O) groups excluding carboxylic acids is 1. The van der Waals surface area contributed by atoms with Gasteiger partial charge in [0.25, 0.3) is 5.91 Å². The standard InChI is InChI=1S/C26H35N3O3S/c30-26(27-24-9-5-2-1-3-6-10-24)23-15-13-22(14-16-23)21-28-17-19-29(20-18-28)33(31,32)25-11-7-4-8-12-25/h4,7-8,11-16,24H,1-3,5-6,9-10,17-21H2,(H,27,30). The Morgan fingerprint density at radius 3 is 2.06 bits per heavy atom. The molecule has 0 radical (unpaired) electrons. The van der Waals surface area contributed by atoms with Gasteiger partial charge in [-0.2, -0.15) is 4.31 Å². The number of hydrogen-bond donors (Lipinski definition) is 1. The van der Waals surface area contributed by atoms with Gasteiger partial charge >= 0.3 is 0 Å². The highest BCUT2D eigenvalue weighted by atomic mass is 32.2. The summed E-state index contributed by atoms with van der Waals surface area (Å²) in [7, 11) is -3.43. The number of nitrogens with one attached hydrogen (secondary N) is 1. The molecule has 0 aromatic heterocycles. The summed E-state index contributed by atoms with van der Waals surface area (Å²) in [5, 5.41) is 3.22. The highest BCUT2D eigenvalue weighted by Crippen LogP contribution is 2.19. The van der Waals surface area contributed by atoms with Gasteiger partial charge < -0.3 is 5.32 Å². The Morgan fingerprint density at radius 2 is 1.42 bits per heavy atom. The summed E-state index contributed by atoms with van der Waals surface area (Å²) in [6.45, 7) is 3.11. The average Bonchev–Trinajstić information content (AvgIpc) is 2.82. The van der Waals surface area contributed by atoms with Crippen molar-refractivity contribution in [2.45, 2.75) is 62.4 Å². The van der Waals surface area contributed by atoms with Crippen LogP contribution in [0.3, 0.4) is 0 Å². The number of carbonyl (C=O) groups is 1. The number of benzene rings is 2. The predicted molar refractivity (Wildman–Crippen MR) is 130 cm³/mol. The number of hydrogen-bond acceptors (Lipinski definition) is 4. The minimum Gasteiger partial charge on any atom is -0.349 e. The molecule has 2 aromatic carbocycles. The van der Waals surface area contributed by atoms with Crippen LogP contribution in [0.25, 0.3) is 0 Å². The minimum absolute atomic E-state index is 0.0202. The molecule has 2 fully saturated rings. The van der Waals surface area contributed by atoms with Gasteiger partial charge in [-0.15, -0.1) is 0 Å². The Morgan fingerprint density at radius 1 is 0.818 bits per heavy atom. The molecule has 1 N–H and O–H groups in total. The molecule has 0 bridgehead atoms. The smallest absolute Gasteiger partial charge is 0.251 e. The molecule has 0 spiro atoms. The summed E-state index contributed by atoms with van der Waals surface area (Å²) in [4.78, 5) is 15.3. The molecule has 33 heavy (non-hydrogen) atoms. The van der Waals surface area contributed by atoms with Crippen LogP contribution in [-0.2, 0) is 16.6 Å². The summed E-state index contributed by atoms with van der Waals surface area (Å²) in [5.74, 6) is 0.0202. The second-order valence-corrected chi connectivity index (χ2v) is 11.1. The Labute approximate surface area is 198 Å². The van der Waals surface area contributed by atoms with E-state index in [2.05, 4.69) is 10.2 Å². The van der Waals surface area contributed by atoms with E-state index in [9.17, 15) is 13.2 Å². The van der Waals surface area contributed by atoms with Gasteiger partial charge in [0, 0.05) is 44.3 Å². The summed E-state index contributed by atoms with van der Waals surface area (Å²) >= 11 is 0. The normalized spacial score (nSPS) is 19.5. The summed E-state index contributed by atoms with van der Waals surface area (Å²) in [5.41, 5.74) is 1.84. The van der Waals surface area contributed by atoms with Gasteiger partial charge in [0.15, 0.2) is 0 Å². The first-order valence-corrected chi connectivity index (χ1v) is 13.6. The van der Waals surface area contributed by atoms with Crippen molar-refractivity contribution >= 4 is 15.9 Å². The van der Waals surface area contributed by atoms with E-state index in [4.69, 9.17) is 0 Å². The molecular weight excluding hydrogens is 434 g/mol. The van der Waals surface area contributed by atoms with E-state index >= 15 is 0 Å². The molecule has 7 heteroatoms. The van der Waals surface area contributed by atoms with E-state index in [1.54, 1.807) is 28.6 Å². The van der Waals surface area contributed by atoms with Crippen LogP contribution in [0, 0.1) is 0 Å². The summed E-state index contributed by atoms with van der Waals surface area (Å²) in [6, 6.07) is 16.8. The lowest BCUT2D eigenvalue weighted by atomic mass is 9.96. The molecule has 1 saturated heterocycles. The van der Waals surface area contributed by atoms with Crippen LogP contribution in [-0.4, -0.2) is 55.8 Å². The van der Waals surface area contributed by atoms with Crippen LogP contribution in [0.1, 0.15) is 60.9 Å². The summed E-state index contributed by atoms with van der Waals surface area (Å²) in [6.07, 6.45) is 8.42. The minimum atomic E-state index is -3.43. The van der Waals surface area contributed by atoms with Gasteiger partial charge in [0.2, 0.25) is 10.0 Å². The third kappa shape index (κ3) is 6.43. The first kappa shape index (κ1) is 23.9. The summed E-state index contributed by atoms with van der Waals surface area (Å²) < 4.78 is 27.2. The Kier molecular flexibility index (Phi) is 8.17. The van der Waals surface area contributed by atoms with Crippen molar-refractivity contribution in [3.63, 3.8) is 0 Å². The number of piperazine rings is 1. The number of amides is 1.